The molecule has 0 unspecified atom stereocenters. The van der Waals surface area contributed by atoms with Crippen LogP contribution in [0.3, 0.4) is 0 Å². The van der Waals surface area contributed by atoms with E-state index in [4.69, 9.17) is 20.9 Å². The Morgan fingerprint density at radius 2 is 2.29 bits per heavy atom. The molecule has 6 heteroatoms. The molecular formula is C11H11ClN2O3. The molecule has 0 bridgehead atoms. The summed E-state index contributed by atoms with van der Waals surface area (Å²) >= 11 is 5.79. The lowest BCUT2D eigenvalue weighted by molar-refractivity contribution is 0.199. The molecule has 0 atom stereocenters. The van der Waals surface area contributed by atoms with Gasteiger partial charge in [0.25, 0.3) is 5.89 Å². The van der Waals surface area contributed by atoms with Crippen molar-refractivity contribution >= 4 is 11.6 Å². The minimum absolute atomic E-state index is 0.0227. The summed E-state index contributed by atoms with van der Waals surface area (Å²) in [4.78, 5) is 4.19. The summed E-state index contributed by atoms with van der Waals surface area (Å²) < 4.78 is 10.0. The molecule has 17 heavy (non-hydrogen) atoms. The Balaban J connectivity index is 2.21. The van der Waals surface area contributed by atoms with Gasteiger partial charge in [-0.15, -0.1) is 0 Å². The molecule has 1 aromatic heterocycles. The standard InChI is InChI=1S/C11H11ClN2O3/c1-16-5-4-10-13-11(17-14-10)7-2-3-9(15)8(12)6-7/h2-3,6,15H,4-5H2,1H3. The molecule has 1 aromatic carbocycles. The van der Waals surface area contributed by atoms with Crippen LogP contribution in [0.4, 0.5) is 0 Å². The number of hydrogen-bond donors (Lipinski definition) is 1. The van der Waals surface area contributed by atoms with Gasteiger partial charge in [0.2, 0.25) is 0 Å². The number of phenolic OH excluding ortho intramolecular Hbond substituents is 1. The van der Waals surface area contributed by atoms with Crippen molar-refractivity contribution in [1.82, 2.24) is 10.1 Å². The van der Waals surface area contributed by atoms with Crippen molar-refractivity contribution in [2.24, 2.45) is 0 Å². The van der Waals surface area contributed by atoms with E-state index in [0.29, 0.717) is 30.3 Å². The second kappa shape index (κ2) is 5.16. The summed E-state index contributed by atoms with van der Waals surface area (Å²) in [6.45, 7) is 0.537. The fraction of sp³-hybridized carbons (Fsp3) is 0.273. The Bertz CT molecular complexity index is 513. The topological polar surface area (TPSA) is 68.4 Å². The number of nitrogens with zero attached hydrogens (tertiary/aromatic N) is 2. The molecule has 0 spiro atoms. The third-order valence-electron chi connectivity index (χ3n) is 2.19. The monoisotopic (exact) mass is 254 g/mol. The normalized spacial score (nSPS) is 10.7. The zero-order valence-corrected chi connectivity index (χ0v) is 9.94. The van der Waals surface area contributed by atoms with Gasteiger partial charge in [-0.2, -0.15) is 4.98 Å². The number of halogens is 1. The van der Waals surface area contributed by atoms with E-state index in [2.05, 4.69) is 10.1 Å². The molecule has 1 N–H and O–H groups in total. The van der Waals surface area contributed by atoms with Gasteiger partial charge in [0.15, 0.2) is 5.82 Å². The molecule has 0 fully saturated rings. The van der Waals surface area contributed by atoms with Gasteiger partial charge in [-0.05, 0) is 18.2 Å². The molecule has 0 aliphatic rings. The Morgan fingerprint density at radius 3 is 3.00 bits per heavy atom. The smallest absolute Gasteiger partial charge is 0.257 e. The highest BCUT2D eigenvalue weighted by Crippen LogP contribution is 2.28. The molecule has 0 saturated heterocycles. The molecule has 5 nitrogen and oxygen atoms in total. The molecule has 0 saturated carbocycles. The van der Waals surface area contributed by atoms with Gasteiger partial charge in [0, 0.05) is 19.1 Å². The van der Waals surface area contributed by atoms with Gasteiger partial charge in [-0.1, -0.05) is 16.8 Å². The maximum absolute atomic E-state index is 9.30. The Morgan fingerprint density at radius 1 is 1.47 bits per heavy atom. The lowest BCUT2D eigenvalue weighted by Gasteiger charge is -1.97. The number of benzene rings is 1. The zero-order valence-electron chi connectivity index (χ0n) is 9.18. The first-order valence-electron chi connectivity index (χ1n) is 5.01. The molecular weight excluding hydrogens is 244 g/mol. The Hall–Kier alpha value is -1.59. The zero-order chi connectivity index (χ0) is 12.3. The first-order valence-corrected chi connectivity index (χ1v) is 5.39. The second-order valence-corrected chi connectivity index (χ2v) is 3.83. The van der Waals surface area contributed by atoms with Crippen LogP contribution in [0.25, 0.3) is 11.5 Å². The number of methoxy groups -OCH3 is 1. The van der Waals surface area contributed by atoms with Gasteiger partial charge in [0.05, 0.1) is 11.6 Å². The molecule has 2 aromatic rings. The van der Waals surface area contributed by atoms with Crippen LogP contribution in [0.2, 0.25) is 5.02 Å². The number of rotatable bonds is 4. The first-order chi connectivity index (χ1) is 8.20. The lowest BCUT2D eigenvalue weighted by Crippen LogP contribution is -1.96. The van der Waals surface area contributed by atoms with Crippen LogP contribution >= 0.6 is 11.6 Å². The van der Waals surface area contributed by atoms with Gasteiger partial charge >= 0.3 is 0 Å². The third-order valence-corrected chi connectivity index (χ3v) is 2.50. The number of aromatic hydroxyl groups is 1. The van der Waals surface area contributed by atoms with Crippen molar-refractivity contribution in [2.45, 2.75) is 6.42 Å². The molecule has 0 radical (unpaired) electrons. The summed E-state index contributed by atoms with van der Waals surface area (Å²) in [6.07, 6.45) is 0.589. The van der Waals surface area contributed by atoms with E-state index >= 15 is 0 Å². The minimum atomic E-state index is 0.0227. The fourth-order valence-electron chi connectivity index (χ4n) is 1.31. The molecule has 0 aliphatic carbocycles. The van der Waals surface area contributed by atoms with Crippen LogP contribution in [-0.4, -0.2) is 29.0 Å². The van der Waals surface area contributed by atoms with E-state index in [9.17, 15) is 5.11 Å². The lowest BCUT2D eigenvalue weighted by atomic mass is 10.2. The number of hydrogen-bond acceptors (Lipinski definition) is 5. The highest BCUT2D eigenvalue weighted by molar-refractivity contribution is 6.32. The highest BCUT2D eigenvalue weighted by atomic mass is 35.5. The molecule has 1 heterocycles. The summed E-state index contributed by atoms with van der Waals surface area (Å²) in [6, 6.07) is 4.72. The SMILES string of the molecule is COCCc1noc(-c2ccc(O)c(Cl)c2)n1. The maximum Gasteiger partial charge on any atom is 0.257 e. The largest absolute Gasteiger partial charge is 0.506 e. The quantitative estimate of drug-likeness (QED) is 0.907. The van der Waals surface area contributed by atoms with Gasteiger partial charge in [-0.3, -0.25) is 0 Å². The van der Waals surface area contributed by atoms with Crippen LogP contribution in [-0.2, 0) is 11.2 Å². The van der Waals surface area contributed by atoms with Crippen molar-refractivity contribution in [3.05, 3.63) is 29.0 Å². The second-order valence-electron chi connectivity index (χ2n) is 3.42. The van der Waals surface area contributed by atoms with E-state index in [1.54, 1.807) is 19.2 Å². The highest BCUT2D eigenvalue weighted by Gasteiger charge is 2.10. The van der Waals surface area contributed by atoms with Crippen LogP contribution in [0, 0.1) is 0 Å². The summed E-state index contributed by atoms with van der Waals surface area (Å²) in [7, 11) is 1.61. The Labute approximate surface area is 103 Å². The fourth-order valence-corrected chi connectivity index (χ4v) is 1.49. The summed E-state index contributed by atoms with van der Waals surface area (Å²) in [5.41, 5.74) is 0.670. The summed E-state index contributed by atoms with van der Waals surface area (Å²) in [5.74, 6) is 0.971. The number of phenols is 1. The van der Waals surface area contributed by atoms with Crippen LogP contribution in [0.5, 0.6) is 5.75 Å². The average molecular weight is 255 g/mol. The minimum Gasteiger partial charge on any atom is -0.506 e. The van der Waals surface area contributed by atoms with Crippen molar-refractivity contribution in [2.75, 3.05) is 13.7 Å². The van der Waals surface area contributed by atoms with Crippen molar-refractivity contribution in [3.8, 4) is 17.2 Å². The van der Waals surface area contributed by atoms with E-state index in [0.717, 1.165) is 0 Å². The van der Waals surface area contributed by atoms with E-state index in [-0.39, 0.29) is 10.8 Å². The number of aromatic nitrogens is 2. The average Bonchev–Trinajstić information content (AvgIpc) is 2.79. The van der Waals surface area contributed by atoms with Crippen LogP contribution < -0.4 is 0 Å². The van der Waals surface area contributed by atoms with E-state index in [1.165, 1.54) is 6.07 Å². The van der Waals surface area contributed by atoms with Crippen LogP contribution in [0.1, 0.15) is 5.82 Å². The first kappa shape index (κ1) is 11.9. The van der Waals surface area contributed by atoms with Gasteiger partial charge in [0.1, 0.15) is 5.75 Å². The molecule has 90 valence electrons. The van der Waals surface area contributed by atoms with Crippen molar-refractivity contribution in [1.29, 1.82) is 0 Å². The van der Waals surface area contributed by atoms with Crippen molar-refractivity contribution < 1.29 is 14.4 Å². The van der Waals surface area contributed by atoms with Gasteiger partial charge in [-0.25, -0.2) is 0 Å². The van der Waals surface area contributed by atoms with Gasteiger partial charge < -0.3 is 14.4 Å². The van der Waals surface area contributed by atoms with Crippen molar-refractivity contribution in [3.63, 3.8) is 0 Å². The van der Waals surface area contributed by atoms with Crippen LogP contribution in [0.15, 0.2) is 22.7 Å². The maximum atomic E-state index is 9.30. The third kappa shape index (κ3) is 2.75. The van der Waals surface area contributed by atoms with E-state index < -0.39 is 0 Å². The Kier molecular flexibility index (Phi) is 3.61. The molecule has 0 aliphatic heterocycles. The molecule has 2 rings (SSSR count). The molecule has 0 amide bonds. The number of ether oxygens (including phenoxy) is 1. The van der Waals surface area contributed by atoms with E-state index in [1.807, 2.05) is 0 Å². The predicted octanol–water partition coefficient (Wildman–Crippen LogP) is 2.28. The predicted molar refractivity (Wildman–Crippen MR) is 62.0 cm³/mol. The summed E-state index contributed by atoms with van der Waals surface area (Å²) in [5, 5.41) is 13.4.